The number of aliphatic hydroxyl groups is 2. The first-order chi connectivity index (χ1) is 7.05. The summed E-state index contributed by atoms with van der Waals surface area (Å²) in [5.41, 5.74) is -0.793. The lowest BCUT2D eigenvalue weighted by Gasteiger charge is -2.31. The molecule has 88 valence electrons. The fourth-order valence-corrected chi connectivity index (χ4v) is 2.53. The van der Waals surface area contributed by atoms with Crippen molar-refractivity contribution in [3.8, 4) is 0 Å². The lowest BCUT2D eigenvalue weighted by atomic mass is 9.80. The van der Waals surface area contributed by atoms with Crippen LogP contribution in [-0.2, 0) is 0 Å². The van der Waals surface area contributed by atoms with Crippen LogP contribution in [0.25, 0.3) is 0 Å². The van der Waals surface area contributed by atoms with Crippen LogP contribution < -0.4 is 0 Å². The van der Waals surface area contributed by atoms with Gasteiger partial charge in [0, 0.05) is 6.42 Å². The zero-order valence-electron chi connectivity index (χ0n) is 9.78. The van der Waals surface area contributed by atoms with Crippen molar-refractivity contribution in [3.05, 3.63) is 12.7 Å². The first-order valence-electron chi connectivity index (χ1n) is 6.06. The molecule has 2 atom stereocenters. The van der Waals surface area contributed by atoms with Crippen molar-refractivity contribution in [2.45, 2.75) is 63.6 Å². The van der Waals surface area contributed by atoms with E-state index in [1.807, 2.05) is 0 Å². The molecule has 0 heterocycles. The molecule has 0 aromatic rings. The zero-order chi connectivity index (χ0) is 11.3. The molecule has 1 fully saturated rings. The topological polar surface area (TPSA) is 40.5 Å². The van der Waals surface area contributed by atoms with Gasteiger partial charge >= 0.3 is 0 Å². The quantitative estimate of drug-likeness (QED) is 0.688. The smallest absolute Gasteiger partial charge is 0.0678 e. The Morgan fingerprint density at radius 3 is 2.53 bits per heavy atom. The van der Waals surface area contributed by atoms with Gasteiger partial charge in [-0.05, 0) is 32.1 Å². The summed E-state index contributed by atoms with van der Waals surface area (Å²) < 4.78 is 0. The Kier molecular flexibility index (Phi) is 4.81. The average molecular weight is 212 g/mol. The molecule has 0 aromatic carbocycles. The molecule has 1 aliphatic rings. The summed E-state index contributed by atoms with van der Waals surface area (Å²) in [6.45, 7) is 5.40. The third kappa shape index (κ3) is 4.35. The molecule has 2 heteroatoms. The summed E-state index contributed by atoms with van der Waals surface area (Å²) in [7, 11) is 0. The lowest BCUT2D eigenvalue weighted by Crippen LogP contribution is -2.34. The van der Waals surface area contributed by atoms with E-state index in [0.717, 1.165) is 12.8 Å². The molecular formula is C13H24O2. The summed E-state index contributed by atoms with van der Waals surface area (Å²) in [4.78, 5) is 0. The predicted octanol–water partition coefficient (Wildman–Crippen LogP) is 2.64. The van der Waals surface area contributed by atoms with Crippen LogP contribution in [0.4, 0.5) is 0 Å². The van der Waals surface area contributed by atoms with Crippen LogP contribution in [0, 0.1) is 5.92 Å². The summed E-state index contributed by atoms with van der Waals surface area (Å²) in [5, 5.41) is 20.0. The summed E-state index contributed by atoms with van der Waals surface area (Å²) in [6, 6.07) is 0. The predicted molar refractivity (Wildman–Crippen MR) is 62.6 cm³/mol. The normalized spacial score (nSPS) is 24.5. The van der Waals surface area contributed by atoms with Crippen LogP contribution in [0.1, 0.15) is 51.9 Å². The zero-order valence-corrected chi connectivity index (χ0v) is 9.78. The van der Waals surface area contributed by atoms with E-state index in [4.69, 9.17) is 0 Å². The molecule has 1 saturated carbocycles. The number of hydrogen-bond acceptors (Lipinski definition) is 2. The van der Waals surface area contributed by atoms with Crippen molar-refractivity contribution in [1.29, 1.82) is 0 Å². The monoisotopic (exact) mass is 212 g/mol. The van der Waals surface area contributed by atoms with Gasteiger partial charge in [0.1, 0.15) is 0 Å². The third-order valence-corrected chi connectivity index (χ3v) is 3.43. The van der Waals surface area contributed by atoms with Gasteiger partial charge in [0.15, 0.2) is 0 Å². The molecule has 0 aromatic heterocycles. The molecule has 0 spiro atoms. The second-order valence-corrected chi connectivity index (χ2v) is 5.16. The molecule has 1 aliphatic carbocycles. The van der Waals surface area contributed by atoms with Crippen LogP contribution in [0.3, 0.4) is 0 Å². The van der Waals surface area contributed by atoms with E-state index in [1.165, 1.54) is 19.3 Å². The highest BCUT2D eigenvalue weighted by atomic mass is 16.3. The van der Waals surface area contributed by atoms with Crippen molar-refractivity contribution in [2.75, 3.05) is 0 Å². The van der Waals surface area contributed by atoms with E-state index in [1.54, 1.807) is 13.0 Å². The van der Waals surface area contributed by atoms with E-state index in [9.17, 15) is 10.2 Å². The highest BCUT2D eigenvalue weighted by Crippen LogP contribution is 2.30. The third-order valence-electron chi connectivity index (χ3n) is 3.43. The highest BCUT2D eigenvalue weighted by Gasteiger charge is 2.28. The Morgan fingerprint density at radius 2 is 2.00 bits per heavy atom. The number of hydrogen-bond donors (Lipinski definition) is 2. The minimum absolute atomic E-state index is 0.347. The van der Waals surface area contributed by atoms with Crippen LogP contribution in [-0.4, -0.2) is 21.9 Å². The van der Waals surface area contributed by atoms with Gasteiger partial charge in [-0.15, -0.1) is 6.58 Å². The van der Waals surface area contributed by atoms with Crippen molar-refractivity contribution < 1.29 is 10.2 Å². The Bertz CT molecular complexity index is 193. The van der Waals surface area contributed by atoms with Gasteiger partial charge in [-0.25, -0.2) is 0 Å². The molecule has 0 bridgehead atoms. The Labute approximate surface area is 93.0 Å². The molecule has 0 aliphatic heterocycles. The number of rotatable bonds is 5. The van der Waals surface area contributed by atoms with Gasteiger partial charge in [-0.3, -0.25) is 0 Å². The van der Waals surface area contributed by atoms with E-state index >= 15 is 0 Å². The molecule has 0 saturated heterocycles. The fourth-order valence-electron chi connectivity index (χ4n) is 2.53. The van der Waals surface area contributed by atoms with Crippen LogP contribution in [0.5, 0.6) is 0 Å². The number of aliphatic hydroxyl groups excluding tert-OH is 1. The standard InChI is InChI=1S/C13H24O2/c1-3-9-13(2,15)10-12(14)11-7-5-4-6-8-11/h3,11-12,14-15H,1,4-10H2,2H3/t12-,13-/m0/s1. The molecule has 15 heavy (non-hydrogen) atoms. The van der Waals surface area contributed by atoms with Gasteiger partial charge in [0.05, 0.1) is 11.7 Å². The molecular weight excluding hydrogens is 188 g/mol. The molecule has 2 nitrogen and oxygen atoms in total. The maximum atomic E-state index is 10.0. The second kappa shape index (κ2) is 5.66. The molecule has 0 unspecified atom stereocenters. The highest BCUT2D eigenvalue weighted by molar-refractivity contribution is 4.87. The maximum Gasteiger partial charge on any atom is 0.0678 e. The SMILES string of the molecule is C=CC[C@](C)(O)C[C@H](O)C1CCCCC1. The molecule has 2 N–H and O–H groups in total. The lowest BCUT2D eigenvalue weighted by molar-refractivity contribution is -0.0205. The fraction of sp³-hybridized carbons (Fsp3) is 0.846. The van der Waals surface area contributed by atoms with Crippen LogP contribution in [0.15, 0.2) is 12.7 Å². The Hall–Kier alpha value is -0.340. The van der Waals surface area contributed by atoms with Crippen molar-refractivity contribution in [3.63, 3.8) is 0 Å². The molecule has 0 radical (unpaired) electrons. The van der Waals surface area contributed by atoms with Gasteiger partial charge in [-0.2, -0.15) is 0 Å². The summed E-state index contributed by atoms with van der Waals surface area (Å²) in [5.74, 6) is 0.398. The minimum Gasteiger partial charge on any atom is -0.393 e. The first-order valence-corrected chi connectivity index (χ1v) is 6.06. The van der Waals surface area contributed by atoms with Crippen molar-refractivity contribution in [2.24, 2.45) is 5.92 Å². The van der Waals surface area contributed by atoms with Crippen LogP contribution in [0.2, 0.25) is 0 Å². The summed E-state index contributed by atoms with van der Waals surface area (Å²) >= 11 is 0. The first kappa shape index (κ1) is 12.7. The van der Waals surface area contributed by atoms with E-state index < -0.39 is 5.60 Å². The van der Waals surface area contributed by atoms with Crippen molar-refractivity contribution in [1.82, 2.24) is 0 Å². The van der Waals surface area contributed by atoms with Gasteiger partial charge < -0.3 is 10.2 Å². The summed E-state index contributed by atoms with van der Waals surface area (Å²) in [6.07, 6.45) is 8.38. The Balaban J connectivity index is 2.38. The maximum absolute atomic E-state index is 10.0. The second-order valence-electron chi connectivity index (χ2n) is 5.16. The molecule has 0 amide bonds. The van der Waals surface area contributed by atoms with Crippen molar-refractivity contribution >= 4 is 0 Å². The largest absolute Gasteiger partial charge is 0.393 e. The van der Waals surface area contributed by atoms with E-state index in [-0.39, 0.29) is 6.10 Å². The van der Waals surface area contributed by atoms with Gasteiger partial charge in [0.2, 0.25) is 0 Å². The van der Waals surface area contributed by atoms with Crippen LogP contribution >= 0.6 is 0 Å². The van der Waals surface area contributed by atoms with E-state index in [0.29, 0.717) is 18.8 Å². The van der Waals surface area contributed by atoms with E-state index in [2.05, 4.69) is 6.58 Å². The van der Waals surface area contributed by atoms with Gasteiger partial charge in [0.25, 0.3) is 0 Å². The molecule has 1 rings (SSSR count). The average Bonchev–Trinajstić information content (AvgIpc) is 2.18. The van der Waals surface area contributed by atoms with Gasteiger partial charge in [-0.1, -0.05) is 25.3 Å². The Morgan fingerprint density at radius 1 is 1.40 bits per heavy atom. The minimum atomic E-state index is -0.793.